The number of likely N-dealkylation sites (tertiary alicyclic amines) is 1. The van der Waals surface area contributed by atoms with Gasteiger partial charge < -0.3 is 4.90 Å². The van der Waals surface area contributed by atoms with Crippen LogP contribution in [0, 0.1) is 0 Å². The van der Waals surface area contributed by atoms with Crippen LogP contribution in [0.1, 0.15) is 47.0 Å². The van der Waals surface area contributed by atoms with Crippen molar-refractivity contribution in [3.8, 4) is 0 Å². The van der Waals surface area contributed by atoms with Crippen molar-refractivity contribution in [3.05, 3.63) is 74.2 Å². The fraction of sp³-hybridized carbons (Fsp3) is 0.261. The molecule has 32 heavy (non-hydrogen) atoms. The lowest BCUT2D eigenvalue weighted by molar-refractivity contribution is 0.0630. The van der Waals surface area contributed by atoms with E-state index in [1.54, 1.807) is 41.8 Å². The zero-order valence-corrected chi connectivity index (χ0v) is 20.3. The molecule has 0 aliphatic carbocycles. The lowest BCUT2D eigenvalue weighted by Gasteiger charge is -2.32. The van der Waals surface area contributed by atoms with Gasteiger partial charge in [-0.05, 0) is 68.7 Å². The summed E-state index contributed by atoms with van der Waals surface area (Å²) in [5, 5.41) is 3.27. The second kappa shape index (κ2) is 9.79. The maximum atomic E-state index is 13.5. The highest BCUT2D eigenvalue weighted by molar-refractivity contribution is 7.14. The van der Waals surface area contributed by atoms with Crippen molar-refractivity contribution in [2.45, 2.75) is 32.2 Å². The largest absolute Gasteiger partial charge is 0.335 e. The summed E-state index contributed by atoms with van der Waals surface area (Å²) in [4.78, 5) is 34.4. The summed E-state index contributed by atoms with van der Waals surface area (Å²) in [5.74, 6) is -0.499. The second-order valence-electron chi connectivity index (χ2n) is 7.60. The number of carbonyl (C=O) groups is 2. The summed E-state index contributed by atoms with van der Waals surface area (Å²) < 4.78 is 0. The number of carbonyl (C=O) groups excluding carboxylic acids is 2. The smallest absolute Gasteiger partial charge is 0.273 e. The van der Waals surface area contributed by atoms with Crippen LogP contribution in [-0.4, -0.2) is 34.3 Å². The van der Waals surface area contributed by atoms with Crippen LogP contribution < -0.4 is 4.90 Å². The summed E-state index contributed by atoms with van der Waals surface area (Å²) >= 11 is 19.6. The van der Waals surface area contributed by atoms with Crippen LogP contribution in [0.4, 0.5) is 10.8 Å². The predicted molar refractivity (Wildman–Crippen MR) is 131 cm³/mol. The number of hydrogen-bond donors (Lipinski definition) is 0. The quantitative estimate of drug-likeness (QED) is 0.378. The molecule has 2 amide bonds. The molecule has 1 saturated heterocycles. The monoisotopic (exact) mass is 507 g/mol. The van der Waals surface area contributed by atoms with Gasteiger partial charge in [0.2, 0.25) is 0 Å². The van der Waals surface area contributed by atoms with Gasteiger partial charge in [0, 0.05) is 28.0 Å². The normalized spacial score (nSPS) is 16.1. The topological polar surface area (TPSA) is 53.5 Å². The Hall–Kier alpha value is -2.12. The summed E-state index contributed by atoms with van der Waals surface area (Å²) in [6.07, 6.45) is 3.08. The Bertz CT molecular complexity index is 1150. The van der Waals surface area contributed by atoms with Crippen molar-refractivity contribution in [3.63, 3.8) is 0 Å². The molecule has 0 spiro atoms. The fourth-order valence-corrected chi connectivity index (χ4v) is 5.13. The Morgan fingerprint density at radius 2 is 1.78 bits per heavy atom. The summed E-state index contributed by atoms with van der Waals surface area (Å²) in [6, 6.07) is 11.7. The van der Waals surface area contributed by atoms with E-state index in [1.807, 2.05) is 4.90 Å². The van der Waals surface area contributed by atoms with E-state index in [0.29, 0.717) is 33.1 Å². The van der Waals surface area contributed by atoms with Crippen molar-refractivity contribution < 1.29 is 9.59 Å². The number of piperidine rings is 1. The number of rotatable bonds is 4. The van der Waals surface area contributed by atoms with E-state index in [0.717, 1.165) is 19.3 Å². The Labute approximate surface area is 205 Å². The van der Waals surface area contributed by atoms with Gasteiger partial charge in [-0.1, -0.05) is 34.8 Å². The molecule has 0 N–H and O–H groups in total. The van der Waals surface area contributed by atoms with Gasteiger partial charge in [0.15, 0.2) is 5.13 Å². The molecule has 3 aromatic rings. The van der Waals surface area contributed by atoms with Crippen molar-refractivity contribution in [2.75, 3.05) is 11.4 Å². The summed E-state index contributed by atoms with van der Waals surface area (Å²) in [7, 11) is 0. The van der Waals surface area contributed by atoms with Gasteiger partial charge in [-0.25, -0.2) is 4.98 Å². The lowest BCUT2D eigenvalue weighted by atomic mass is 10.0. The van der Waals surface area contributed by atoms with E-state index in [-0.39, 0.29) is 28.4 Å². The highest BCUT2D eigenvalue weighted by Crippen LogP contribution is 2.34. The molecule has 2 heterocycles. The fourth-order valence-electron chi connectivity index (χ4n) is 3.70. The maximum absolute atomic E-state index is 13.5. The minimum absolute atomic E-state index is 0.118. The average Bonchev–Trinajstić information content (AvgIpc) is 3.25. The molecule has 9 heteroatoms. The lowest BCUT2D eigenvalue weighted by Crippen LogP contribution is -2.42. The van der Waals surface area contributed by atoms with Gasteiger partial charge in [-0.2, -0.15) is 0 Å². The number of aromatic nitrogens is 1. The third kappa shape index (κ3) is 4.79. The van der Waals surface area contributed by atoms with E-state index in [9.17, 15) is 9.59 Å². The molecule has 0 bridgehead atoms. The molecular formula is C23H20Cl3N3O2S. The Balaban J connectivity index is 1.72. The number of nitrogens with zero attached hydrogens (tertiary/aromatic N) is 3. The molecule has 1 atom stereocenters. The molecule has 2 aromatic carbocycles. The molecule has 5 nitrogen and oxygen atoms in total. The molecular weight excluding hydrogens is 489 g/mol. The van der Waals surface area contributed by atoms with Gasteiger partial charge in [0.25, 0.3) is 11.8 Å². The van der Waals surface area contributed by atoms with Crippen LogP contribution in [0.25, 0.3) is 0 Å². The van der Waals surface area contributed by atoms with Gasteiger partial charge in [-0.15, -0.1) is 11.3 Å². The van der Waals surface area contributed by atoms with Gasteiger partial charge in [0.1, 0.15) is 5.69 Å². The predicted octanol–water partition coefficient (Wildman–Crippen LogP) is 7.10. The first-order valence-electron chi connectivity index (χ1n) is 10.2. The minimum Gasteiger partial charge on any atom is -0.335 e. The van der Waals surface area contributed by atoms with E-state index < -0.39 is 0 Å². The summed E-state index contributed by atoms with van der Waals surface area (Å²) in [5.41, 5.74) is 1.16. The number of halogens is 3. The Morgan fingerprint density at radius 3 is 2.47 bits per heavy atom. The van der Waals surface area contributed by atoms with Gasteiger partial charge in [0.05, 0.1) is 16.3 Å². The van der Waals surface area contributed by atoms with Crippen LogP contribution in [-0.2, 0) is 0 Å². The van der Waals surface area contributed by atoms with Crippen LogP contribution in [0.3, 0.4) is 0 Å². The van der Waals surface area contributed by atoms with Gasteiger partial charge >= 0.3 is 0 Å². The zero-order valence-electron chi connectivity index (χ0n) is 17.2. The van der Waals surface area contributed by atoms with Crippen molar-refractivity contribution >= 4 is 68.8 Å². The second-order valence-corrected chi connectivity index (χ2v) is 9.72. The van der Waals surface area contributed by atoms with Crippen molar-refractivity contribution in [1.29, 1.82) is 0 Å². The van der Waals surface area contributed by atoms with E-state index in [4.69, 9.17) is 34.8 Å². The van der Waals surface area contributed by atoms with Crippen molar-refractivity contribution in [2.24, 2.45) is 0 Å². The third-order valence-electron chi connectivity index (χ3n) is 5.42. The molecule has 1 fully saturated rings. The molecule has 4 rings (SSSR count). The average molecular weight is 509 g/mol. The van der Waals surface area contributed by atoms with E-state index >= 15 is 0 Å². The summed E-state index contributed by atoms with van der Waals surface area (Å²) in [6.45, 7) is 2.77. The number of anilines is 2. The molecule has 1 unspecified atom stereocenters. The van der Waals surface area contributed by atoms with Crippen LogP contribution in [0.15, 0.2) is 47.8 Å². The van der Waals surface area contributed by atoms with E-state index in [2.05, 4.69) is 11.9 Å². The molecule has 1 aromatic heterocycles. The van der Waals surface area contributed by atoms with Crippen molar-refractivity contribution in [1.82, 2.24) is 9.88 Å². The molecule has 0 saturated carbocycles. The van der Waals surface area contributed by atoms with Crippen LogP contribution in [0.2, 0.25) is 15.1 Å². The van der Waals surface area contributed by atoms with Crippen LogP contribution >= 0.6 is 46.1 Å². The standard InChI is InChI=1S/C23H20Cl3N3O2S/c1-14-4-2-3-11-28(14)22(31)20-13-32-23(27-20)29(17-8-5-15(24)6-9-17)21(30)18-10-7-16(25)12-19(18)26/h5-10,12-14H,2-4,11H2,1H3. The molecule has 1 aliphatic heterocycles. The Kier molecular flexibility index (Phi) is 7.05. The Morgan fingerprint density at radius 1 is 1.06 bits per heavy atom. The first-order chi connectivity index (χ1) is 15.3. The highest BCUT2D eigenvalue weighted by atomic mass is 35.5. The highest BCUT2D eigenvalue weighted by Gasteiger charge is 2.29. The molecule has 1 aliphatic rings. The SMILES string of the molecule is CC1CCCCN1C(=O)c1csc(N(C(=O)c2ccc(Cl)cc2Cl)c2ccc(Cl)cc2)n1. The number of amides is 2. The first kappa shape index (κ1) is 23.1. The number of thiazole rings is 1. The van der Waals surface area contributed by atoms with Gasteiger partial charge in [-0.3, -0.25) is 14.5 Å². The van der Waals surface area contributed by atoms with E-state index in [1.165, 1.54) is 22.3 Å². The molecule has 166 valence electrons. The maximum Gasteiger partial charge on any atom is 0.273 e. The molecule has 0 radical (unpaired) electrons. The van der Waals surface area contributed by atoms with Crippen LogP contribution in [0.5, 0.6) is 0 Å². The third-order valence-corrected chi connectivity index (χ3v) is 7.04. The first-order valence-corrected chi connectivity index (χ1v) is 12.2. The zero-order chi connectivity index (χ0) is 22.8. The number of benzene rings is 2. The number of hydrogen-bond acceptors (Lipinski definition) is 4. The minimum atomic E-state index is -0.381.